The van der Waals surface area contributed by atoms with E-state index < -0.39 is 86.8 Å². The average molecular weight is 1300 g/mol. The molecule has 9 N–H and O–H groups in total. The van der Waals surface area contributed by atoms with Gasteiger partial charge in [-0.3, -0.25) is 4.79 Å². The highest BCUT2D eigenvalue weighted by molar-refractivity contribution is 5.76. The van der Waals surface area contributed by atoms with Crippen LogP contribution in [0.2, 0.25) is 0 Å². The maximum Gasteiger partial charge on any atom is 0.220 e. The number of hydrogen-bond donors (Lipinski definition) is 9. The van der Waals surface area contributed by atoms with Gasteiger partial charge >= 0.3 is 0 Å². The zero-order chi connectivity index (χ0) is 66.6. The third kappa shape index (κ3) is 44.8. The average Bonchev–Trinajstić information content (AvgIpc) is 0.830. The Morgan fingerprint density at radius 2 is 0.761 bits per heavy atom. The molecule has 2 heterocycles. The van der Waals surface area contributed by atoms with Gasteiger partial charge in [0.05, 0.1) is 32.0 Å². The molecule has 0 aromatic rings. The first-order valence-electron chi connectivity index (χ1n) is 37.8. The number of carbonyl (C=O) groups is 1. The molecular weight excluding hydrogens is 1160 g/mol. The summed E-state index contributed by atoms with van der Waals surface area (Å²) in [6.07, 6.45) is 69.4. The largest absolute Gasteiger partial charge is 0.394 e. The number of aliphatic hydroxyl groups excluding tert-OH is 8. The number of allylic oxidation sites excluding steroid dienone is 13. The molecule has 0 spiro atoms. The highest BCUT2D eigenvalue weighted by atomic mass is 16.7. The van der Waals surface area contributed by atoms with Crippen LogP contribution in [0, 0.1) is 0 Å². The lowest BCUT2D eigenvalue weighted by molar-refractivity contribution is -0.359. The van der Waals surface area contributed by atoms with Crippen LogP contribution in [-0.4, -0.2) is 140 Å². The van der Waals surface area contributed by atoms with Crippen molar-refractivity contribution in [3.8, 4) is 0 Å². The highest BCUT2D eigenvalue weighted by Crippen LogP contribution is 2.30. The highest BCUT2D eigenvalue weighted by Gasteiger charge is 2.51. The van der Waals surface area contributed by atoms with Gasteiger partial charge in [-0.05, 0) is 77.0 Å². The normalized spacial score (nSPS) is 23.2. The minimum Gasteiger partial charge on any atom is -0.394 e. The molecule has 14 nitrogen and oxygen atoms in total. The van der Waals surface area contributed by atoms with Crippen molar-refractivity contribution < 1.29 is 64.6 Å². The molecule has 2 aliphatic heterocycles. The van der Waals surface area contributed by atoms with Gasteiger partial charge in [-0.1, -0.05) is 311 Å². The van der Waals surface area contributed by atoms with Crippen molar-refractivity contribution in [1.82, 2.24) is 5.32 Å². The Morgan fingerprint density at radius 1 is 0.402 bits per heavy atom. The molecule has 0 aromatic carbocycles. The van der Waals surface area contributed by atoms with Crippen LogP contribution in [0.5, 0.6) is 0 Å². The van der Waals surface area contributed by atoms with Gasteiger partial charge in [0.15, 0.2) is 12.6 Å². The molecule has 534 valence electrons. The summed E-state index contributed by atoms with van der Waals surface area (Å²) in [5.74, 6) is -0.246. The molecule has 0 saturated carbocycles. The summed E-state index contributed by atoms with van der Waals surface area (Å²) in [5, 5.41) is 87.5. The molecule has 0 aromatic heterocycles. The van der Waals surface area contributed by atoms with Gasteiger partial charge in [0.25, 0.3) is 0 Å². The zero-order valence-corrected chi connectivity index (χ0v) is 58.3. The lowest BCUT2D eigenvalue weighted by Crippen LogP contribution is -2.65. The summed E-state index contributed by atoms with van der Waals surface area (Å²) in [7, 11) is 0. The Kier molecular flexibility index (Phi) is 57.2. The molecule has 12 atom stereocenters. The molecule has 12 unspecified atom stereocenters. The minimum atomic E-state index is -1.79. The fourth-order valence-corrected chi connectivity index (χ4v) is 12.1. The number of ether oxygens (including phenoxy) is 4. The molecule has 2 saturated heterocycles. The molecule has 2 aliphatic rings. The zero-order valence-electron chi connectivity index (χ0n) is 58.3. The van der Waals surface area contributed by atoms with E-state index in [0.29, 0.717) is 12.8 Å². The van der Waals surface area contributed by atoms with Crippen molar-refractivity contribution in [2.24, 2.45) is 0 Å². The van der Waals surface area contributed by atoms with Gasteiger partial charge in [0.2, 0.25) is 5.91 Å². The number of nitrogens with one attached hydrogen (secondary N) is 1. The number of carbonyl (C=O) groups excluding carboxylic acids is 1. The predicted octanol–water partition coefficient (Wildman–Crippen LogP) is 16.4. The molecule has 2 fully saturated rings. The fraction of sp³-hybridized carbons (Fsp3) is 0.808. The van der Waals surface area contributed by atoms with Crippen LogP contribution < -0.4 is 5.32 Å². The van der Waals surface area contributed by atoms with Gasteiger partial charge < -0.3 is 65.1 Å². The molecule has 0 aliphatic carbocycles. The van der Waals surface area contributed by atoms with Crippen molar-refractivity contribution in [2.75, 3.05) is 19.8 Å². The van der Waals surface area contributed by atoms with Crippen LogP contribution >= 0.6 is 0 Å². The van der Waals surface area contributed by atoms with Crippen molar-refractivity contribution >= 4 is 5.91 Å². The van der Waals surface area contributed by atoms with Crippen molar-refractivity contribution in [2.45, 2.75) is 383 Å². The third-order valence-corrected chi connectivity index (χ3v) is 18.1. The maximum absolute atomic E-state index is 13.4. The first-order valence-corrected chi connectivity index (χ1v) is 37.8. The molecule has 0 bridgehead atoms. The summed E-state index contributed by atoms with van der Waals surface area (Å²) < 4.78 is 22.9. The van der Waals surface area contributed by atoms with E-state index in [1.165, 1.54) is 212 Å². The van der Waals surface area contributed by atoms with E-state index in [2.05, 4.69) is 92.1 Å². The van der Waals surface area contributed by atoms with Crippen LogP contribution in [0.25, 0.3) is 0 Å². The van der Waals surface area contributed by atoms with Crippen molar-refractivity contribution in [1.29, 1.82) is 0 Å². The van der Waals surface area contributed by atoms with E-state index in [0.717, 1.165) is 64.2 Å². The summed E-state index contributed by atoms with van der Waals surface area (Å²) in [6, 6.07) is -0.935. The van der Waals surface area contributed by atoms with Gasteiger partial charge in [-0.2, -0.15) is 0 Å². The Morgan fingerprint density at radius 3 is 1.20 bits per heavy atom. The maximum atomic E-state index is 13.4. The second-order valence-corrected chi connectivity index (χ2v) is 26.4. The van der Waals surface area contributed by atoms with Gasteiger partial charge in [-0.25, -0.2) is 0 Å². The number of rotatable bonds is 62. The topological polar surface area (TPSA) is 228 Å². The van der Waals surface area contributed by atoms with E-state index in [-0.39, 0.29) is 18.9 Å². The Hall–Kier alpha value is -2.83. The molecule has 1 amide bonds. The first kappa shape index (κ1) is 85.3. The number of amides is 1. The number of unbranched alkanes of at least 4 members (excludes halogenated alkanes) is 37. The fourth-order valence-electron chi connectivity index (χ4n) is 12.1. The third-order valence-electron chi connectivity index (χ3n) is 18.1. The SMILES string of the molecule is CC/C=C\C/C=C\C/C=C\C/C=C\C/C=C\CCCCCCCCCCCCCCCCCCCCCC(=O)NC(COC1OC(CO)C(OC2OC(CO)C(O)C(O)C2O)C(O)C1O)C(O)/C=C/CC/C=C/CCCCCCCCCCCCCCCCCCC. The second-order valence-electron chi connectivity index (χ2n) is 26.4. The van der Waals surface area contributed by atoms with Crippen molar-refractivity contribution in [3.63, 3.8) is 0 Å². The second kappa shape index (κ2) is 61.7. The number of aliphatic hydroxyl groups is 8. The lowest BCUT2D eigenvalue weighted by atomic mass is 9.97. The van der Waals surface area contributed by atoms with E-state index in [4.69, 9.17) is 18.9 Å². The first-order chi connectivity index (χ1) is 45.1. The monoisotopic (exact) mass is 1300 g/mol. The van der Waals surface area contributed by atoms with Gasteiger partial charge in [-0.15, -0.1) is 0 Å². The Bertz CT molecular complexity index is 1870. The van der Waals surface area contributed by atoms with E-state index in [1.54, 1.807) is 6.08 Å². The Balaban J connectivity index is 1.63. The van der Waals surface area contributed by atoms with Gasteiger partial charge in [0.1, 0.15) is 48.8 Å². The lowest BCUT2D eigenvalue weighted by Gasteiger charge is -2.46. The van der Waals surface area contributed by atoms with Crippen molar-refractivity contribution in [3.05, 3.63) is 85.1 Å². The standard InChI is InChI=1S/C78H139NO13/c1-3-5-7-9-11-13-15-17-19-21-23-25-27-28-29-30-31-32-33-34-35-36-37-38-40-42-44-46-48-50-52-54-56-58-60-62-70(83)79-66(65-89-77-75(88)73(86)76(69(64-81)91-77)92-78-74(87)72(85)71(84)68(63-80)90-78)67(82)61-59-57-55-53-51-49-47-45-43-41-39-26-24-22-20-18-16-14-12-10-8-6-4-2/h5,7,11,13,17,19,23,25,28-29,51,53,59,61,66-69,71-78,80-82,84-88H,3-4,6,8-10,12,14-16,18,20-22,24,26-27,30-50,52,54-58,60,62-65H2,1-2H3,(H,79,83)/b7-5-,13-11-,19-17-,25-23-,29-28-,53-51+,61-59+. The van der Waals surface area contributed by atoms with E-state index in [1.807, 2.05) is 6.08 Å². The van der Waals surface area contributed by atoms with E-state index in [9.17, 15) is 45.6 Å². The summed E-state index contributed by atoms with van der Waals surface area (Å²) in [4.78, 5) is 13.4. The van der Waals surface area contributed by atoms with Gasteiger partial charge in [0, 0.05) is 6.42 Å². The smallest absolute Gasteiger partial charge is 0.220 e. The van der Waals surface area contributed by atoms with Crippen LogP contribution in [0.1, 0.15) is 309 Å². The quantitative estimate of drug-likeness (QED) is 0.0204. The molecule has 2 rings (SSSR count). The molecule has 14 heteroatoms. The van der Waals surface area contributed by atoms with Crippen LogP contribution in [-0.2, 0) is 23.7 Å². The molecule has 0 radical (unpaired) electrons. The minimum absolute atomic E-state index is 0.246. The predicted molar refractivity (Wildman–Crippen MR) is 378 cm³/mol. The van der Waals surface area contributed by atoms with Crippen LogP contribution in [0.3, 0.4) is 0 Å². The van der Waals surface area contributed by atoms with E-state index >= 15 is 0 Å². The summed E-state index contributed by atoms with van der Waals surface area (Å²) >= 11 is 0. The number of hydrogen-bond acceptors (Lipinski definition) is 13. The molecule has 92 heavy (non-hydrogen) atoms. The summed E-state index contributed by atoms with van der Waals surface area (Å²) in [6.45, 7) is 2.70. The van der Waals surface area contributed by atoms with Crippen LogP contribution in [0.15, 0.2) is 85.1 Å². The molecular formula is C78H139NO13. The Labute approximate surface area is 561 Å². The summed E-state index contributed by atoms with van der Waals surface area (Å²) in [5.41, 5.74) is 0. The van der Waals surface area contributed by atoms with Crippen LogP contribution in [0.4, 0.5) is 0 Å².